The van der Waals surface area contributed by atoms with Crippen molar-refractivity contribution in [2.45, 2.75) is 12.8 Å². The smallest absolute Gasteiger partial charge is 0.126 e. The molecule has 0 unspecified atom stereocenters. The second-order valence-corrected chi connectivity index (χ2v) is 3.15. The Morgan fingerprint density at radius 2 is 2.00 bits per heavy atom. The Balaban J connectivity index is 2.49. The summed E-state index contributed by atoms with van der Waals surface area (Å²) in [4.78, 5) is 0. The first-order valence-corrected chi connectivity index (χ1v) is 4.43. The highest BCUT2D eigenvalue weighted by Gasteiger charge is 2.17. The van der Waals surface area contributed by atoms with Gasteiger partial charge in [-0.1, -0.05) is 0 Å². The molecule has 2 rings (SSSR count). The normalized spacial score (nSPS) is 14.0. The maximum atomic E-state index is 5.29. The van der Waals surface area contributed by atoms with Crippen LogP contribution in [0.1, 0.15) is 17.5 Å². The van der Waals surface area contributed by atoms with Gasteiger partial charge in [0.25, 0.3) is 0 Å². The van der Waals surface area contributed by atoms with Crippen LogP contribution in [0.4, 0.5) is 0 Å². The predicted molar refractivity (Wildman–Crippen MR) is 51.3 cm³/mol. The molecule has 2 heteroatoms. The number of fused-ring (bicyclic) bond motifs is 1. The van der Waals surface area contributed by atoms with E-state index in [-0.39, 0.29) is 0 Å². The summed E-state index contributed by atoms with van der Waals surface area (Å²) >= 11 is 0. The Hall–Kier alpha value is -1.18. The Kier molecular flexibility index (Phi) is 2.13. The van der Waals surface area contributed by atoms with Crippen LogP contribution >= 0.6 is 0 Å². The van der Waals surface area contributed by atoms with E-state index in [0.29, 0.717) is 0 Å². The molecule has 1 aromatic carbocycles. The summed E-state index contributed by atoms with van der Waals surface area (Å²) in [5.41, 5.74) is 2.57. The lowest BCUT2D eigenvalue weighted by molar-refractivity contribution is 0.392. The second-order valence-electron chi connectivity index (χ2n) is 3.15. The largest absolute Gasteiger partial charge is 0.497 e. The fourth-order valence-electron chi connectivity index (χ4n) is 1.75. The number of hydrogen-bond donors (Lipinski definition) is 0. The molecular weight excluding hydrogens is 164 g/mol. The third kappa shape index (κ3) is 1.37. The van der Waals surface area contributed by atoms with Gasteiger partial charge in [-0.2, -0.15) is 0 Å². The van der Waals surface area contributed by atoms with Gasteiger partial charge in [0.1, 0.15) is 11.5 Å². The van der Waals surface area contributed by atoms with Crippen LogP contribution in [0, 0.1) is 6.42 Å². The Morgan fingerprint density at radius 3 is 2.69 bits per heavy atom. The fraction of sp³-hybridized carbons (Fsp3) is 0.364. The maximum absolute atomic E-state index is 5.29. The van der Waals surface area contributed by atoms with E-state index in [2.05, 4.69) is 12.5 Å². The van der Waals surface area contributed by atoms with Gasteiger partial charge in [-0.25, -0.2) is 0 Å². The molecule has 1 aliphatic carbocycles. The minimum Gasteiger partial charge on any atom is -0.497 e. The fourth-order valence-corrected chi connectivity index (χ4v) is 1.75. The van der Waals surface area contributed by atoms with Crippen molar-refractivity contribution in [1.82, 2.24) is 0 Å². The summed E-state index contributed by atoms with van der Waals surface area (Å²) < 4.78 is 10.5. The second kappa shape index (κ2) is 3.29. The Bertz CT molecular complexity index is 318. The van der Waals surface area contributed by atoms with Crippen LogP contribution < -0.4 is 9.47 Å². The van der Waals surface area contributed by atoms with Crippen LogP contribution in [0.3, 0.4) is 0 Å². The highest BCUT2D eigenvalue weighted by Crippen LogP contribution is 2.35. The third-order valence-electron chi connectivity index (χ3n) is 2.42. The molecule has 0 spiro atoms. The summed E-state index contributed by atoms with van der Waals surface area (Å²) in [7, 11) is 3.38. The lowest BCUT2D eigenvalue weighted by atomic mass is 10.1. The summed E-state index contributed by atoms with van der Waals surface area (Å²) in [5, 5.41) is 0. The molecule has 0 saturated heterocycles. The van der Waals surface area contributed by atoms with Crippen LogP contribution in [-0.2, 0) is 6.42 Å². The van der Waals surface area contributed by atoms with Gasteiger partial charge in [-0.3, -0.25) is 0 Å². The van der Waals surface area contributed by atoms with E-state index in [9.17, 15) is 0 Å². The molecule has 13 heavy (non-hydrogen) atoms. The molecule has 1 aromatic rings. The van der Waals surface area contributed by atoms with E-state index in [0.717, 1.165) is 24.3 Å². The van der Waals surface area contributed by atoms with E-state index in [1.54, 1.807) is 14.2 Å². The molecule has 69 valence electrons. The number of rotatable bonds is 2. The van der Waals surface area contributed by atoms with E-state index in [1.807, 2.05) is 6.07 Å². The Morgan fingerprint density at radius 1 is 1.15 bits per heavy atom. The average molecular weight is 177 g/mol. The standard InChI is InChI=1S/C11H13O2/c1-12-9-6-8-4-3-5-10(8)11(7-9)13-2/h5-7H,3-4H2,1-2H3. The van der Waals surface area contributed by atoms with Gasteiger partial charge in [-0.05, 0) is 30.9 Å². The molecule has 0 fully saturated rings. The van der Waals surface area contributed by atoms with Gasteiger partial charge in [0.05, 0.1) is 14.2 Å². The number of benzene rings is 1. The zero-order chi connectivity index (χ0) is 9.26. The first kappa shape index (κ1) is 8.42. The summed E-state index contributed by atoms with van der Waals surface area (Å²) in [6.45, 7) is 0. The molecule has 0 N–H and O–H groups in total. The topological polar surface area (TPSA) is 18.5 Å². The molecule has 1 aliphatic rings. The predicted octanol–water partition coefficient (Wildman–Crippen LogP) is 2.20. The van der Waals surface area contributed by atoms with E-state index >= 15 is 0 Å². The molecular formula is C11H13O2. The van der Waals surface area contributed by atoms with Crippen molar-refractivity contribution >= 4 is 0 Å². The molecule has 0 heterocycles. The molecule has 0 saturated carbocycles. The number of aryl methyl sites for hydroxylation is 1. The van der Waals surface area contributed by atoms with Crippen LogP contribution in [0.25, 0.3) is 0 Å². The molecule has 0 amide bonds. The first-order valence-electron chi connectivity index (χ1n) is 4.43. The highest BCUT2D eigenvalue weighted by atomic mass is 16.5. The van der Waals surface area contributed by atoms with Gasteiger partial charge in [0.15, 0.2) is 0 Å². The molecule has 2 nitrogen and oxygen atoms in total. The SMILES string of the molecule is COc1cc2c(c(OC)c1)[CH]CC2. The third-order valence-corrected chi connectivity index (χ3v) is 2.42. The van der Waals surface area contributed by atoms with Gasteiger partial charge in [0.2, 0.25) is 0 Å². The minimum absolute atomic E-state index is 0.880. The first-order chi connectivity index (χ1) is 6.35. The van der Waals surface area contributed by atoms with Gasteiger partial charge >= 0.3 is 0 Å². The van der Waals surface area contributed by atoms with Crippen LogP contribution in [0.2, 0.25) is 0 Å². The van der Waals surface area contributed by atoms with Crippen LogP contribution in [0.15, 0.2) is 12.1 Å². The molecule has 1 radical (unpaired) electrons. The van der Waals surface area contributed by atoms with Crippen LogP contribution in [-0.4, -0.2) is 14.2 Å². The minimum atomic E-state index is 0.880. The average Bonchev–Trinajstić information content (AvgIpc) is 2.63. The maximum Gasteiger partial charge on any atom is 0.126 e. The van der Waals surface area contributed by atoms with Crippen LogP contribution in [0.5, 0.6) is 11.5 Å². The lowest BCUT2D eigenvalue weighted by Crippen LogP contribution is -1.92. The summed E-state index contributed by atoms with van der Waals surface area (Å²) in [6.07, 6.45) is 4.43. The molecule has 0 aliphatic heterocycles. The number of ether oxygens (including phenoxy) is 2. The zero-order valence-corrected chi connectivity index (χ0v) is 7.96. The molecule has 0 atom stereocenters. The number of hydrogen-bond acceptors (Lipinski definition) is 2. The van der Waals surface area contributed by atoms with Crippen molar-refractivity contribution in [2.24, 2.45) is 0 Å². The monoisotopic (exact) mass is 177 g/mol. The van der Waals surface area contributed by atoms with Crippen molar-refractivity contribution in [3.05, 3.63) is 29.7 Å². The van der Waals surface area contributed by atoms with Gasteiger partial charge in [0, 0.05) is 11.6 Å². The van der Waals surface area contributed by atoms with Crippen molar-refractivity contribution in [3.63, 3.8) is 0 Å². The lowest BCUT2D eigenvalue weighted by Gasteiger charge is -2.09. The summed E-state index contributed by atoms with van der Waals surface area (Å²) in [6, 6.07) is 4.02. The van der Waals surface area contributed by atoms with E-state index in [1.165, 1.54) is 11.1 Å². The van der Waals surface area contributed by atoms with Crippen molar-refractivity contribution < 1.29 is 9.47 Å². The quantitative estimate of drug-likeness (QED) is 0.689. The molecule has 0 bridgehead atoms. The van der Waals surface area contributed by atoms with Gasteiger partial charge < -0.3 is 9.47 Å². The van der Waals surface area contributed by atoms with Crippen molar-refractivity contribution in [1.29, 1.82) is 0 Å². The van der Waals surface area contributed by atoms with Gasteiger partial charge in [-0.15, -0.1) is 0 Å². The Labute approximate surface area is 78.5 Å². The van der Waals surface area contributed by atoms with E-state index < -0.39 is 0 Å². The van der Waals surface area contributed by atoms with Crippen molar-refractivity contribution in [3.8, 4) is 11.5 Å². The van der Waals surface area contributed by atoms with E-state index in [4.69, 9.17) is 9.47 Å². The number of methoxy groups -OCH3 is 2. The summed E-state index contributed by atoms with van der Waals surface area (Å²) in [5.74, 6) is 1.80. The molecule has 0 aromatic heterocycles. The van der Waals surface area contributed by atoms with Crippen molar-refractivity contribution in [2.75, 3.05) is 14.2 Å². The highest BCUT2D eigenvalue weighted by molar-refractivity contribution is 5.52. The zero-order valence-electron chi connectivity index (χ0n) is 7.96.